The highest BCUT2D eigenvalue weighted by Gasteiger charge is 2.12. The van der Waals surface area contributed by atoms with E-state index < -0.39 is 0 Å². The van der Waals surface area contributed by atoms with Gasteiger partial charge in [0.25, 0.3) is 0 Å². The van der Waals surface area contributed by atoms with Crippen LogP contribution in [0, 0.1) is 0 Å². The van der Waals surface area contributed by atoms with Crippen molar-refractivity contribution in [2.24, 2.45) is 0 Å². The highest BCUT2D eigenvalue weighted by Crippen LogP contribution is 2.23. The first-order valence-corrected chi connectivity index (χ1v) is 8.62. The molecule has 0 saturated heterocycles. The normalized spacial score (nSPS) is 11.0. The molecule has 2 rings (SSSR count). The Morgan fingerprint density at radius 3 is 2.44 bits per heavy atom. The number of hydrogen-bond acceptors (Lipinski definition) is 3. The Labute approximate surface area is 150 Å². The predicted molar refractivity (Wildman–Crippen MR) is 103 cm³/mol. The molecule has 0 aromatic heterocycles. The quantitative estimate of drug-likeness (QED) is 0.807. The fourth-order valence-corrected chi connectivity index (χ4v) is 2.51. The van der Waals surface area contributed by atoms with Crippen molar-refractivity contribution in [1.82, 2.24) is 5.32 Å². The molecule has 0 bridgehead atoms. The molecule has 0 heterocycles. The summed E-state index contributed by atoms with van der Waals surface area (Å²) in [4.78, 5) is 12.0. The molecule has 0 aliphatic rings. The molecule has 0 saturated carbocycles. The van der Waals surface area contributed by atoms with Crippen molar-refractivity contribution >= 4 is 11.6 Å². The van der Waals surface area contributed by atoms with Crippen LogP contribution in [0.15, 0.2) is 48.5 Å². The van der Waals surface area contributed by atoms with Crippen LogP contribution in [0.25, 0.3) is 0 Å². The van der Waals surface area contributed by atoms with Crippen LogP contribution in [0.4, 0.5) is 5.69 Å². The maximum Gasteiger partial charge on any atom is 0.239 e. The summed E-state index contributed by atoms with van der Waals surface area (Å²) in [6, 6.07) is 16.1. The van der Waals surface area contributed by atoms with E-state index in [0.717, 1.165) is 23.4 Å². The second kappa shape index (κ2) is 8.56. The molecule has 0 radical (unpaired) electrons. The molecule has 2 N–H and O–H groups in total. The first kappa shape index (κ1) is 18.8. The molecule has 0 spiro atoms. The second-order valence-corrected chi connectivity index (χ2v) is 7.13. The van der Waals surface area contributed by atoms with E-state index in [1.54, 1.807) is 7.11 Å². The van der Waals surface area contributed by atoms with Crippen molar-refractivity contribution in [2.45, 2.75) is 32.6 Å². The van der Waals surface area contributed by atoms with Gasteiger partial charge in [0.15, 0.2) is 0 Å². The Bertz CT molecular complexity index is 688. The summed E-state index contributed by atoms with van der Waals surface area (Å²) in [5.41, 5.74) is 3.51. The molecule has 0 fully saturated rings. The van der Waals surface area contributed by atoms with Gasteiger partial charge in [-0.1, -0.05) is 45.0 Å². The van der Waals surface area contributed by atoms with Crippen LogP contribution in [-0.4, -0.2) is 26.1 Å². The lowest BCUT2D eigenvalue weighted by Crippen LogP contribution is -2.31. The number of ether oxygens (including phenoxy) is 1. The Balaban J connectivity index is 1.73. The van der Waals surface area contributed by atoms with Gasteiger partial charge >= 0.3 is 0 Å². The van der Waals surface area contributed by atoms with Crippen molar-refractivity contribution in [2.75, 3.05) is 25.5 Å². The summed E-state index contributed by atoms with van der Waals surface area (Å²) >= 11 is 0. The third-order valence-corrected chi connectivity index (χ3v) is 4.07. The van der Waals surface area contributed by atoms with E-state index in [4.69, 9.17) is 4.74 Å². The van der Waals surface area contributed by atoms with Gasteiger partial charge in [0.2, 0.25) is 5.91 Å². The number of benzene rings is 2. The topological polar surface area (TPSA) is 50.4 Å². The van der Waals surface area contributed by atoms with Gasteiger partial charge in [-0.05, 0) is 47.2 Å². The van der Waals surface area contributed by atoms with Crippen molar-refractivity contribution in [1.29, 1.82) is 0 Å². The summed E-state index contributed by atoms with van der Waals surface area (Å²) in [7, 11) is 1.65. The van der Waals surface area contributed by atoms with Crippen molar-refractivity contribution < 1.29 is 9.53 Å². The first-order chi connectivity index (χ1) is 11.9. The van der Waals surface area contributed by atoms with Crippen LogP contribution in [0.1, 0.15) is 31.9 Å². The largest absolute Gasteiger partial charge is 0.497 e. The summed E-state index contributed by atoms with van der Waals surface area (Å²) in [5, 5.41) is 6.09. The van der Waals surface area contributed by atoms with E-state index in [0.29, 0.717) is 6.54 Å². The number of nitrogens with one attached hydrogen (secondary N) is 2. The molecule has 2 aromatic carbocycles. The monoisotopic (exact) mass is 340 g/mol. The smallest absolute Gasteiger partial charge is 0.239 e. The van der Waals surface area contributed by atoms with Gasteiger partial charge in [-0.15, -0.1) is 0 Å². The van der Waals surface area contributed by atoms with E-state index in [-0.39, 0.29) is 17.9 Å². The summed E-state index contributed by atoms with van der Waals surface area (Å²) < 4.78 is 5.20. The molecule has 1 amide bonds. The lowest BCUT2D eigenvalue weighted by molar-refractivity contribution is -0.119. The molecule has 4 heteroatoms. The maximum atomic E-state index is 12.0. The highest BCUT2D eigenvalue weighted by molar-refractivity contribution is 5.80. The Morgan fingerprint density at radius 1 is 1.08 bits per heavy atom. The fourth-order valence-electron chi connectivity index (χ4n) is 2.51. The van der Waals surface area contributed by atoms with Gasteiger partial charge in [-0.2, -0.15) is 0 Å². The lowest BCUT2D eigenvalue weighted by Gasteiger charge is -2.19. The third-order valence-electron chi connectivity index (χ3n) is 4.07. The highest BCUT2D eigenvalue weighted by atomic mass is 16.5. The molecule has 2 aromatic rings. The summed E-state index contributed by atoms with van der Waals surface area (Å²) in [6.07, 6.45) is 0.781. The van der Waals surface area contributed by atoms with Crippen LogP contribution >= 0.6 is 0 Å². The second-order valence-electron chi connectivity index (χ2n) is 7.13. The van der Waals surface area contributed by atoms with Crippen LogP contribution in [0.2, 0.25) is 0 Å². The van der Waals surface area contributed by atoms with Crippen LogP contribution in [0.3, 0.4) is 0 Å². The zero-order valence-corrected chi connectivity index (χ0v) is 15.6. The maximum absolute atomic E-state index is 12.0. The van der Waals surface area contributed by atoms with Gasteiger partial charge in [0.05, 0.1) is 13.7 Å². The Hall–Kier alpha value is -2.49. The molecule has 0 aliphatic heterocycles. The van der Waals surface area contributed by atoms with Crippen molar-refractivity contribution in [3.8, 4) is 5.75 Å². The summed E-state index contributed by atoms with van der Waals surface area (Å²) in [5.74, 6) is 0.826. The molecular weight excluding hydrogens is 312 g/mol. The first-order valence-electron chi connectivity index (χ1n) is 8.62. The van der Waals surface area contributed by atoms with Crippen molar-refractivity contribution in [3.05, 3.63) is 59.7 Å². The molecule has 0 atom stereocenters. The van der Waals surface area contributed by atoms with E-state index in [9.17, 15) is 4.79 Å². The van der Waals surface area contributed by atoms with E-state index in [2.05, 4.69) is 43.5 Å². The van der Waals surface area contributed by atoms with E-state index in [1.165, 1.54) is 5.56 Å². The number of amides is 1. The third kappa shape index (κ3) is 6.14. The SMILES string of the molecule is COc1cccc(CCNC(=O)CNc2ccc(C(C)(C)C)cc2)c1. The van der Waals surface area contributed by atoms with Gasteiger partial charge in [-0.3, -0.25) is 4.79 Å². The zero-order valence-electron chi connectivity index (χ0n) is 15.6. The summed E-state index contributed by atoms with van der Waals surface area (Å²) in [6.45, 7) is 7.44. The van der Waals surface area contributed by atoms with Crippen LogP contribution in [0.5, 0.6) is 5.75 Å². The number of carbonyl (C=O) groups is 1. The van der Waals surface area contributed by atoms with E-state index >= 15 is 0 Å². The van der Waals surface area contributed by atoms with Crippen LogP contribution < -0.4 is 15.4 Å². The number of methoxy groups -OCH3 is 1. The predicted octanol–water partition coefficient (Wildman–Crippen LogP) is 3.76. The van der Waals surface area contributed by atoms with Gasteiger partial charge in [0.1, 0.15) is 5.75 Å². The van der Waals surface area contributed by atoms with Crippen molar-refractivity contribution in [3.63, 3.8) is 0 Å². The van der Waals surface area contributed by atoms with Gasteiger partial charge in [0, 0.05) is 12.2 Å². The fraction of sp³-hybridized carbons (Fsp3) is 0.381. The average Bonchev–Trinajstić information content (AvgIpc) is 2.60. The minimum Gasteiger partial charge on any atom is -0.497 e. The minimum absolute atomic E-state index is 0.0113. The van der Waals surface area contributed by atoms with Gasteiger partial charge < -0.3 is 15.4 Å². The molecule has 4 nitrogen and oxygen atoms in total. The Morgan fingerprint density at radius 2 is 1.80 bits per heavy atom. The number of carbonyl (C=O) groups excluding carboxylic acids is 1. The molecule has 25 heavy (non-hydrogen) atoms. The molecule has 134 valence electrons. The van der Waals surface area contributed by atoms with E-state index in [1.807, 2.05) is 36.4 Å². The standard InChI is InChI=1S/C21H28N2O2/c1-21(2,3)17-8-10-18(11-9-17)23-15-20(24)22-13-12-16-6-5-7-19(14-16)25-4/h5-11,14,23H,12-13,15H2,1-4H3,(H,22,24). The molecule has 0 unspecified atom stereocenters. The molecular formula is C21H28N2O2. The average molecular weight is 340 g/mol. The molecule has 0 aliphatic carbocycles. The van der Waals surface area contributed by atoms with Crippen LogP contribution in [-0.2, 0) is 16.6 Å². The minimum atomic E-state index is -0.0113. The zero-order chi connectivity index (χ0) is 18.3. The number of anilines is 1. The number of hydrogen-bond donors (Lipinski definition) is 2. The lowest BCUT2D eigenvalue weighted by atomic mass is 9.87. The number of rotatable bonds is 7. The Kier molecular flexibility index (Phi) is 6.45. The van der Waals surface area contributed by atoms with Gasteiger partial charge in [-0.25, -0.2) is 0 Å².